The average molecular weight is 186 g/mol. The lowest BCUT2D eigenvalue weighted by atomic mass is 9.79. The summed E-state index contributed by atoms with van der Waals surface area (Å²) in [6.45, 7) is 2.26. The number of fused-ring (bicyclic) bond motifs is 3. The van der Waals surface area contributed by atoms with Crippen molar-refractivity contribution in [2.75, 3.05) is 0 Å². The maximum absolute atomic E-state index is 11.5. The number of hydrogen-bond acceptors (Lipinski definition) is 1. The van der Waals surface area contributed by atoms with E-state index in [4.69, 9.17) is 0 Å². The summed E-state index contributed by atoms with van der Waals surface area (Å²) in [5.74, 6) is 1.03. The van der Waals surface area contributed by atoms with Gasteiger partial charge in [0.05, 0.1) is 0 Å². The van der Waals surface area contributed by atoms with E-state index in [9.17, 15) is 4.79 Å². The standard InChI is InChI=1S/C13H14O/c1-13-8-11(14)7-10(13)6-9-4-2-3-5-12(9)13/h2-5,10H,6-8H2,1H3/t10-,13+/m0/s1. The lowest BCUT2D eigenvalue weighted by molar-refractivity contribution is -0.117. The number of carbonyl (C=O) groups excluding carboxylic acids is 1. The molecule has 1 aromatic carbocycles. The Labute approximate surface area is 84.1 Å². The molecule has 0 aliphatic heterocycles. The maximum Gasteiger partial charge on any atom is 0.134 e. The van der Waals surface area contributed by atoms with Gasteiger partial charge in [-0.2, -0.15) is 0 Å². The van der Waals surface area contributed by atoms with Gasteiger partial charge in [-0.15, -0.1) is 0 Å². The van der Waals surface area contributed by atoms with Crippen LogP contribution < -0.4 is 0 Å². The summed E-state index contributed by atoms with van der Waals surface area (Å²) in [5.41, 5.74) is 3.05. The molecule has 1 saturated carbocycles. The first-order valence-corrected chi connectivity index (χ1v) is 5.30. The van der Waals surface area contributed by atoms with Crippen LogP contribution in [0.5, 0.6) is 0 Å². The molecule has 0 spiro atoms. The van der Waals surface area contributed by atoms with Gasteiger partial charge in [0.2, 0.25) is 0 Å². The third-order valence-electron chi connectivity index (χ3n) is 4.04. The zero-order valence-corrected chi connectivity index (χ0v) is 8.42. The Balaban J connectivity index is 2.15. The summed E-state index contributed by atoms with van der Waals surface area (Å²) >= 11 is 0. The fourth-order valence-electron chi connectivity index (χ4n) is 3.26. The number of ketones is 1. The van der Waals surface area contributed by atoms with Gasteiger partial charge in [0.1, 0.15) is 5.78 Å². The monoisotopic (exact) mass is 186 g/mol. The van der Waals surface area contributed by atoms with Gasteiger partial charge in [-0.1, -0.05) is 31.2 Å². The molecule has 0 unspecified atom stereocenters. The van der Waals surface area contributed by atoms with Crippen molar-refractivity contribution in [2.45, 2.75) is 31.6 Å². The molecular formula is C13H14O. The van der Waals surface area contributed by atoms with Crippen molar-refractivity contribution < 1.29 is 4.79 Å². The summed E-state index contributed by atoms with van der Waals surface area (Å²) in [4.78, 5) is 11.5. The molecule has 2 atom stereocenters. The second-order valence-corrected chi connectivity index (χ2v) is 4.90. The van der Waals surface area contributed by atoms with Gasteiger partial charge >= 0.3 is 0 Å². The summed E-state index contributed by atoms with van der Waals surface area (Å²) in [7, 11) is 0. The first kappa shape index (κ1) is 8.22. The van der Waals surface area contributed by atoms with E-state index in [1.54, 1.807) is 0 Å². The van der Waals surface area contributed by atoms with Gasteiger partial charge in [-0.25, -0.2) is 0 Å². The summed E-state index contributed by atoms with van der Waals surface area (Å²) in [5, 5.41) is 0. The molecule has 1 nitrogen and oxygen atoms in total. The van der Waals surface area contributed by atoms with Crippen LogP contribution >= 0.6 is 0 Å². The van der Waals surface area contributed by atoms with E-state index < -0.39 is 0 Å². The van der Waals surface area contributed by atoms with E-state index in [0.29, 0.717) is 11.7 Å². The summed E-state index contributed by atoms with van der Waals surface area (Å²) in [6.07, 6.45) is 2.66. The third-order valence-corrected chi connectivity index (χ3v) is 4.04. The second kappa shape index (κ2) is 2.47. The van der Waals surface area contributed by atoms with E-state index in [1.165, 1.54) is 11.1 Å². The van der Waals surface area contributed by atoms with Crippen LogP contribution in [0, 0.1) is 5.92 Å². The fraction of sp³-hybridized carbons (Fsp3) is 0.462. The topological polar surface area (TPSA) is 17.1 Å². The lowest BCUT2D eigenvalue weighted by Crippen LogP contribution is -2.21. The Kier molecular flexibility index (Phi) is 1.45. The van der Waals surface area contributed by atoms with Crippen LogP contribution in [-0.4, -0.2) is 5.78 Å². The molecule has 0 heterocycles. The molecule has 2 aliphatic rings. The molecular weight excluding hydrogens is 172 g/mol. The van der Waals surface area contributed by atoms with Crippen LogP contribution in [0.3, 0.4) is 0 Å². The van der Waals surface area contributed by atoms with Crippen molar-refractivity contribution in [2.24, 2.45) is 5.92 Å². The average Bonchev–Trinajstić information content (AvgIpc) is 2.55. The van der Waals surface area contributed by atoms with Crippen molar-refractivity contribution in [3.8, 4) is 0 Å². The Morgan fingerprint density at radius 2 is 2.07 bits per heavy atom. The fourth-order valence-corrected chi connectivity index (χ4v) is 3.26. The number of benzene rings is 1. The van der Waals surface area contributed by atoms with Gasteiger partial charge in [0, 0.05) is 18.3 Å². The van der Waals surface area contributed by atoms with Crippen molar-refractivity contribution in [1.29, 1.82) is 0 Å². The quantitative estimate of drug-likeness (QED) is 0.608. The molecule has 3 rings (SSSR count). The SMILES string of the molecule is C[C@@]12CC(=O)C[C@@H]1Cc1ccccc12. The second-order valence-electron chi connectivity index (χ2n) is 4.90. The van der Waals surface area contributed by atoms with E-state index in [-0.39, 0.29) is 5.41 Å². The highest BCUT2D eigenvalue weighted by molar-refractivity contribution is 5.84. The first-order valence-electron chi connectivity index (χ1n) is 5.30. The van der Waals surface area contributed by atoms with Crippen LogP contribution in [0.15, 0.2) is 24.3 Å². The van der Waals surface area contributed by atoms with Crippen LogP contribution in [0.4, 0.5) is 0 Å². The minimum absolute atomic E-state index is 0.160. The van der Waals surface area contributed by atoms with E-state index in [0.717, 1.165) is 19.3 Å². The minimum atomic E-state index is 0.160. The third kappa shape index (κ3) is 0.875. The number of carbonyl (C=O) groups is 1. The summed E-state index contributed by atoms with van der Waals surface area (Å²) in [6, 6.07) is 8.61. The molecule has 0 saturated heterocycles. The Bertz CT molecular complexity index is 407. The Morgan fingerprint density at radius 3 is 2.93 bits per heavy atom. The van der Waals surface area contributed by atoms with Crippen LogP contribution in [-0.2, 0) is 16.6 Å². The van der Waals surface area contributed by atoms with E-state index in [2.05, 4.69) is 31.2 Å². The minimum Gasteiger partial charge on any atom is -0.300 e. The molecule has 0 aromatic heterocycles. The molecule has 2 aliphatic carbocycles. The van der Waals surface area contributed by atoms with Crippen LogP contribution in [0.25, 0.3) is 0 Å². The molecule has 72 valence electrons. The smallest absolute Gasteiger partial charge is 0.134 e. The zero-order chi connectivity index (χ0) is 9.76. The van der Waals surface area contributed by atoms with Crippen molar-refractivity contribution >= 4 is 5.78 Å². The molecule has 14 heavy (non-hydrogen) atoms. The highest BCUT2D eigenvalue weighted by atomic mass is 16.1. The Hall–Kier alpha value is -1.11. The van der Waals surface area contributed by atoms with E-state index >= 15 is 0 Å². The Morgan fingerprint density at radius 1 is 1.29 bits per heavy atom. The summed E-state index contributed by atoms with van der Waals surface area (Å²) < 4.78 is 0. The molecule has 0 radical (unpaired) electrons. The lowest BCUT2D eigenvalue weighted by Gasteiger charge is -2.24. The number of Topliss-reactive ketones (excluding diaryl/α,β-unsaturated/α-hetero) is 1. The molecule has 0 bridgehead atoms. The van der Waals surface area contributed by atoms with Crippen LogP contribution in [0.1, 0.15) is 30.9 Å². The van der Waals surface area contributed by atoms with Crippen molar-refractivity contribution in [1.82, 2.24) is 0 Å². The van der Waals surface area contributed by atoms with Gasteiger partial charge < -0.3 is 0 Å². The van der Waals surface area contributed by atoms with Gasteiger partial charge in [-0.3, -0.25) is 4.79 Å². The van der Waals surface area contributed by atoms with Gasteiger partial charge in [0.25, 0.3) is 0 Å². The van der Waals surface area contributed by atoms with Crippen LogP contribution in [0.2, 0.25) is 0 Å². The van der Waals surface area contributed by atoms with Crippen molar-refractivity contribution in [3.63, 3.8) is 0 Å². The number of hydrogen-bond donors (Lipinski definition) is 0. The maximum atomic E-state index is 11.5. The first-order chi connectivity index (χ1) is 6.70. The molecule has 1 heteroatoms. The highest BCUT2D eigenvalue weighted by Crippen LogP contribution is 2.51. The van der Waals surface area contributed by atoms with Gasteiger partial charge in [-0.05, 0) is 23.5 Å². The predicted molar refractivity (Wildman–Crippen MR) is 55.2 cm³/mol. The highest BCUT2D eigenvalue weighted by Gasteiger charge is 2.49. The van der Waals surface area contributed by atoms with Crippen molar-refractivity contribution in [3.05, 3.63) is 35.4 Å². The molecule has 0 N–H and O–H groups in total. The molecule has 1 aromatic rings. The zero-order valence-electron chi connectivity index (χ0n) is 8.42. The normalized spacial score (nSPS) is 34.4. The molecule has 0 amide bonds. The largest absolute Gasteiger partial charge is 0.300 e. The van der Waals surface area contributed by atoms with E-state index in [1.807, 2.05) is 0 Å². The number of rotatable bonds is 0. The molecule has 1 fully saturated rings. The van der Waals surface area contributed by atoms with Gasteiger partial charge in [0.15, 0.2) is 0 Å². The predicted octanol–water partition coefficient (Wildman–Crippen LogP) is 2.48.